The molecule has 5 aromatic rings. The summed E-state index contributed by atoms with van der Waals surface area (Å²) in [6, 6.07) is 27.6. The van der Waals surface area contributed by atoms with Gasteiger partial charge < -0.3 is 19.8 Å². The zero-order valence-electron chi connectivity index (χ0n) is 25.3. The molecule has 1 saturated heterocycles. The van der Waals surface area contributed by atoms with E-state index in [1.54, 1.807) is 12.1 Å². The summed E-state index contributed by atoms with van der Waals surface area (Å²) in [6.07, 6.45) is 1.64. The van der Waals surface area contributed by atoms with E-state index in [-0.39, 0.29) is 29.3 Å². The molecule has 1 aliphatic heterocycles. The molecule has 2 N–H and O–H groups in total. The molecule has 10 heteroatoms. The number of aromatic nitrogens is 2. The van der Waals surface area contributed by atoms with Crippen LogP contribution in [0.3, 0.4) is 0 Å². The summed E-state index contributed by atoms with van der Waals surface area (Å²) in [7, 11) is 0. The molecule has 0 bridgehead atoms. The van der Waals surface area contributed by atoms with Crippen molar-refractivity contribution in [1.29, 1.82) is 0 Å². The van der Waals surface area contributed by atoms with Crippen LogP contribution in [0.2, 0.25) is 0 Å². The predicted octanol–water partition coefficient (Wildman–Crippen LogP) is 6.33. The lowest BCUT2D eigenvalue weighted by atomic mass is 9.94. The molecular formula is C35H35N5O5. The quantitative estimate of drug-likeness (QED) is 0.202. The smallest absolute Gasteiger partial charge is 0.435 e. The van der Waals surface area contributed by atoms with Gasteiger partial charge in [-0.15, -0.1) is 5.10 Å². The number of amides is 2. The van der Waals surface area contributed by atoms with Crippen LogP contribution in [0.25, 0.3) is 11.1 Å². The normalized spacial score (nSPS) is 13.6. The van der Waals surface area contributed by atoms with E-state index in [0.29, 0.717) is 5.56 Å². The molecule has 6 rings (SSSR count). The molecule has 0 radical (unpaired) electrons. The zero-order chi connectivity index (χ0) is 31.4. The van der Waals surface area contributed by atoms with Crippen LogP contribution in [0, 0.1) is 0 Å². The number of ether oxygens (including phenoxy) is 1. The first kappa shape index (κ1) is 29.8. The fourth-order valence-electron chi connectivity index (χ4n) is 5.43. The molecule has 2 amide bonds. The summed E-state index contributed by atoms with van der Waals surface area (Å²) in [4.78, 5) is 42.2. The van der Waals surface area contributed by atoms with Gasteiger partial charge in [-0.05, 0) is 68.6 Å². The lowest BCUT2D eigenvalue weighted by Gasteiger charge is -2.26. The van der Waals surface area contributed by atoms with Gasteiger partial charge in [0.05, 0.1) is 5.54 Å². The maximum Gasteiger partial charge on any atom is 0.435 e. The van der Waals surface area contributed by atoms with Gasteiger partial charge in [-0.25, -0.2) is 4.79 Å². The minimum Gasteiger partial charge on any atom is -0.445 e. The van der Waals surface area contributed by atoms with Crippen molar-refractivity contribution in [2.75, 3.05) is 18.4 Å². The Morgan fingerprint density at radius 2 is 1.53 bits per heavy atom. The van der Waals surface area contributed by atoms with Crippen LogP contribution in [0.1, 0.15) is 64.3 Å². The molecule has 1 aliphatic rings. The first-order valence-electron chi connectivity index (χ1n) is 15.0. The highest BCUT2D eigenvalue weighted by Crippen LogP contribution is 2.29. The first-order chi connectivity index (χ1) is 21.8. The topological polar surface area (TPSA) is 119 Å². The maximum absolute atomic E-state index is 13.4. The van der Waals surface area contributed by atoms with Gasteiger partial charge in [0.1, 0.15) is 12.1 Å². The lowest BCUT2D eigenvalue weighted by Crippen LogP contribution is -2.40. The van der Waals surface area contributed by atoms with Crippen LogP contribution >= 0.6 is 0 Å². The summed E-state index contributed by atoms with van der Waals surface area (Å²) in [6.45, 7) is 6.80. The third-order valence-electron chi connectivity index (χ3n) is 7.93. The third kappa shape index (κ3) is 6.81. The predicted molar refractivity (Wildman–Crippen MR) is 170 cm³/mol. The Morgan fingerprint density at radius 1 is 0.867 bits per heavy atom. The summed E-state index contributed by atoms with van der Waals surface area (Å²) >= 11 is 0. The van der Waals surface area contributed by atoms with E-state index in [4.69, 9.17) is 9.15 Å². The second kappa shape index (κ2) is 12.8. The number of hydrogen-bond donors (Lipinski definition) is 2. The van der Waals surface area contributed by atoms with Gasteiger partial charge in [0, 0.05) is 18.2 Å². The van der Waals surface area contributed by atoms with Crippen molar-refractivity contribution in [2.24, 2.45) is 0 Å². The van der Waals surface area contributed by atoms with E-state index in [1.807, 2.05) is 86.6 Å². The van der Waals surface area contributed by atoms with Crippen molar-refractivity contribution in [3.8, 4) is 0 Å². The first-order valence-corrected chi connectivity index (χ1v) is 15.0. The number of likely N-dealkylation sites (tertiary alicyclic amines) is 1. The molecule has 0 saturated carbocycles. The van der Waals surface area contributed by atoms with E-state index in [9.17, 15) is 14.4 Å². The number of carbonyl (C=O) groups is 3. The van der Waals surface area contributed by atoms with E-state index < -0.39 is 23.4 Å². The molecule has 0 unspecified atom stereocenters. The van der Waals surface area contributed by atoms with Gasteiger partial charge in [0.15, 0.2) is 17.2 Å². The summed E-state index contributed by atoms with van der Waals surface area (Å²) < 4.78 is 12.4. The Morgan fingerprint density at radius 3 is 2.22 bits per heavy atom. The maximum atomic E-state index is 13.4. The Bertz CT molecular complexity index is 1800. The van der Waals surface area contributed by atoms with Gasteiger partial charge in [-0.1, -0.05) is 72.8 Å². The van der Waals surface area contributed by atoms with Crippen LogP contribution in [0.5, 0.6) is 0 Å². The Kier molecular flexibility index (Phi) is 8.48. The molecule has 3 heterocycles. The van der Waals surface area contributed by atoms with Crippen molar-refractivity contribution in [3.63, 3.8) is 0 Å². The number of furan rings is 1. The average Bonchev–Trinajstić information content (AvgIpc) is 3.80. The standard InChI is InChI=1S/C35H35N5O5/c1-35(2,27-13-7-4-8-14-27)37-33(42)29-21-28-30(45-29)31(38-40(28)34(43)44-23-25-11-5-3-6-12-25)36-32(41)26-17-15-24(16-18-26)22-39-19-9-10-20-39/h3-8,11-18,21H,9-10,19-20,22-23H2,1-2H3,(H,37,42)(H,36,38,41). The fourth-order valence-corrected chi connectivity index (χ4v) is 5.43. The number of rotatable bonds is 9. The minimum absolute atomic E-state index is 0.00539. The van der Waals surface area contributed by atoms with E-state index in [2.05, 4.69) is 20.6 Å². The average molecular weight is 606 g/mol. The molecule has 0 aliphatic carbocycles. The number of benzene rings is 3. The van der Waals surface area contributed by atoms with Crippen LogP contribution in [-0.2, 0) is 23.4 Å². The van der Waals surface area contributed by atoms with Crippen molar-refractivity contribution in [2.45, 2.75) is 45.4 Å². The third-order valence-corrected chi connectivity index (χ3v) is 7.93. The van der Waals surface area contributed by atoms with Crippen LogP contribution in [0.4, 0.5) is 10.6 Å². The van der Waals surface area contributed by atoms with Gasteiger partial charge >= 0.3 is 6.09 Å². The highest BCUT2D eigenvalue weighted by Gasteiger charge is 2.29. The van der Waals surface area contributed by atoms with E-state index in [0.717, 1.165) is 41.0 Å². The van der Waals surface area contributed by atoms with Crippen LogP contribution < -0.4 is 10.6 Å². The number of fused-ring (bicyclic) bond motifs is 1. The molecular weight excluding hydrogens is 570 g/mol. The molecule has 230 valence electrons. The Balaban J connectivity index is 1.25. The van der Waals surface area contributed by atoms with Gasteiger partial charge in [-0.3, -0.25) is 14.5 Å². The molecule has 10 nitrogen and oxygen atoms in total. The second-order valence-corrected chi connectivity index (χ2v) is 11.7. The molecule has 2 aromatic heterocycles. The van der Waals surface area contributed by atoms with Crippen LogP contribution in [0.15, 0.2) is 95.4 Å². The van der Waals surface area contributed by atoms with Crippen LogP contribution in [-0.4, -0.2) is 45.7 Å². The number of anilines is 1. The fraction of sp³-hybridized carbons (Fsp3) is 0.257. The van der Waals surface area contributed by atoms with Gasteiger partial charge in [0.25, 0.3) is 11.8 Å². The molecule has 3 aromatic carbocycles. The highest BCUT2D eigenvalue weighted by atomic mass is 16.6. The molecule has 0 spiro atoms. The van der Waals surface area contributed by atoms with E-state index in [1.165, 1.54) is 18.9 Å². The van der Waals surface area contributed by atoms with Gasteiger partial charge in [0.2, 0.25) is 0 Å². The summed E-state index contributed by atoms with van der Waals surface area (Å²) in [5, 5.41) is 10.1. The molecule has 45 heavy (non-hydrogen) atoms. The SMILES string of the molecule is CC(C)(NC(=O)c1cc2c(o1)c(NC(=O)c1ccc(CN3CCCC3)cc1)nn2C(=O)OCc1ccccc1)c1ccccc1. The zero-order valence-corrected chi connectivity index (χ0v) is 25.3. The van der Waals surface area contributed by atoms with Crippen molar-refractivity contribution in [3.05, 3.63) is 119 Å². The van der Waals surface area contributed by atoms with Crippen molar-refractivity contribution < 1.29 is 23.5 Å². The largest absolute Gasteiger partial charge is 0.445 e. The minimum atomic E-state index is -0.784. The number of hydrogen-bond acceptors (Lipinski definition) is 7. The summed E-state index contributed by atoms with van der Waals surface area (Å²) in [5.41, 5.74) is 2.80. The molecule has 0 atom stereocenters. The van der Waals surface area contributed by atoms with Gasteiger partial charge in [-0.2, -0.15) is 4.68 Å². The number of nitrogens with one attached hydrogen (secondary N) is 2. The van der Waals surface area contributed by atoms with Crippen molar-refractivity contribution >= 4 is 34.8 Å². The highest BCUT2D eigenvalue weighted by molar-refractivity contribution is 6.08. The Labute approximate surface area is 261 Å². The molecule has 1 fully saturated rings. The number of nitrogens with zero attached hydrogens (tertiary/aromatic N) is 3. The second-order valence-electron chi connectivity index (χ2n) is 11.7. The lowest BCUT2D eigenvalue weighted by molar-refractivity contribution is 0.0885. The number of carbonyl (C=O) groups excluding carboxylic acids is 3. The monoisotopic (exact) mass is 605 g/mol. The van der Waals surface area contributed by atoms with Crippen molar-refractivity contribution in [1.82, 2.24) is 20.0 Å². The summed E-state index contributed by atoms with van der Waals surface area (Å²) in [5.74, 6) is -0.971. The Hall–Kier alpha value is -5.22. The van der Waals surface area contributed by atoms with E-state index >= 15 is 0 Å².